The lowest BCUT2D eigenvalue weighted by molar-refractivity contribution is -0.115. The number of ether oxygens (including phenoxy) is 2. The van der Waals surface area contributed by atoms with Crippen molar-refractivity contribution in [3.05, 3.63) is 96.6 Å². The van der Waals surface area contributed by atoms with Crippen molar-refractivity contribution >= 4 is 28.3 Å². The largest absolute Gasteiger partial charge is 0.497 e. The van der Waals surface area contributed by atoms with Crippen LogP contribution in [0.5, 0.6) is 17.2 Å². The zero-order valence-electron chi connectivity index (χ0n) is 17.5. The van der Waals surface area contributed by atoms with Gasteiger partial charge in [-0.2, -0.15) is 0 Å². The summed E-state index contributed by atoms with van der Waals surface area (Å²) in [5.41, 5.74) is 1.03. The second-order valence-corrected chi connectivity index (χ2v) is 7.03. The second kappa shape index (κ2) is 9.66. The van der Waals surface area contributed by atoms with Crippen LogP contribution in [0.25, 0.3) is 10.8 Å². The van der Waals surface area contributed by atoms with Gasteiger partial charge in [-0.1, -0.05) is 48.5 Å². The number of amides is 2. The lowest BCUT2D eigenvalue weighted by atomic mass is 10.0. The summed E-state index contributed by atoms with van der Waals surface area (Å²) in [6.07, 6.45) is 0. The van der Waals surface area contributed by atoms with Crippen molar-refractivity contribution in [1.82, 2.24) is 5.32 Å². The van der Waals surface area contributed by atoms with Crippen LogP contribution < -0.4 is 20.1 Å². The van der Waals surface area contributed by atoms with E-state index >= 15 is 0 Å². The topological polar surface area (TPSA) is 76.7 Å². The van der Waals surface area contributed by atoms with Crippen molar-refractivity contribution in [3.63, 3.8) is 0 Å². The van der Waals surface area contributed by atoms with Crippen molar-refractivity contribution in [3.8, 4) is 17.2 Å². The summed E-state index contributed by atoms with van der Waals surface area (Å²) in [6, 6.07) is 27.4. The first kappa shape index (κ1) is 20.9. The summed E-state index contributed by atoms with van der Waals surface area (Å²) < 4.78 is 11.0. The van der Waals surface area contributed by atoms with Crippen molar-refractivity contribution in [2.45, 2.75) is 0 Å². The molecule has 0 aliphatic heterocycles. The van der Waals surface area contributed by atoms with Gasteiger partial charge < -0.3 is 20.1 Å². The number of nitrogens with one attached hydrogen (secondary N) is 2. The summed E-state index contributed by atoms with van der Waals surface area (Å²) in [4.78, 5) is 25.2. The highest BCUT2D eigenvalue weighted by atomic mass is 16.5. The van der Waals surface area contributed by atoms with E-state index in [1.54, 1.807) is 55.6 Å². The SMILES string of the molecule is COc1ccc(Oc2ccccc2NC(=O)CNC(=O)c2cccc3ccccc23)cc1. The molecule has 0 atom stereocenters. The average molecular weight is 426 g/mol. The first-order chi connectivity index (χ1) is 15.6. The molecule has 0 saturated heterocycles. The first-order valence-electron chi connectivity index (χ1n) is 10.1. The Labute approximate surface area is 185 Å². The van der Waals surface area contributed by atoms with Crippen LogP contribution in [0.1, 0.15) is 10.4 Å². The molecule has 4 rings (SSSR count). The molecule has 6 nitrogen and oxygen atoms in total. The van der Waals surface area contributed by atoms with E-state index in [4.69, 9.17) is 9.47 Å². The Morgan fingerprint density at radius 1 is 0.781 bits per heavy atom. The molecular weight excluding hydrogens is 404 g/mol. The van der Waals surface area contributed by atoms with E-state index in [1.807, 2.05) is 42.5 Å². The Kier molecular flexibility index (Phi) is 6.32. The van der Waals surface area contributed by atoms with Crippen LogP contribution in [0.15, 0.2) is 91.0 Å². The Morgan fingerprint density at radius 2 is 1.47 bits per heavy atom. The molecule has 0 unspecified atom stereocenters. The van der Waals surface area contributed by atoms with Gasteiger partial charge in [0.15, 0.2) is 5.75 Å². The predicted octanol–water partition coefficient (Wildman–Crippen LogP) is 5.01. The fraction of sp³-hybridized carbons (Fsp3) is 0.0769. The summed E-state index contributed by atoms with van der Waals surface area (Å²) >= 11 is 0. The summed E-state index contributed by atoms with van der Waals surface area (Å²) in [5, 5.41) is 7.29. The van der Waals surface area contributed by atoms with E-state index in [1.165, 1.54) is 0 Å². The lowest BCUT2D eigenvalue weighted by Gasteiger charge is -2.13. The maximum Gasteiger partial charge on any atom is 0.252 e. The van der Waals surface area contributed by atoms with Crippen molar-refractivity contribution in [2.75, 3.05) is 19.0 Å². The third-order valence-corrected chi connectivity index (χ3v) is 4.89. The molecule has 2 N–H and O–H groups in total. The summed E-state index contributed by atoms with van der Waals surface area (Å²) in [7, 11) is 1.60. The van der Waals surface area contributed by atoms with Gasteiger partial charge in [-0.05, 0) is 53.2 Å². The van der Waals surface area contributed by atoms with Gasteiger partial charge in [-0.15, -0.1) is 0 Å². The molecule has 0 aliphatic carbocycles. The van der Waals surface area contributed by atoms with Gasteiger partial charge in [-0.25, -0.2) is 0 Å². The minimum atomic E-state index is -0.357. The smallest absolute Gasteiger partial charge is 0.252 e. The highest BCUT2D eigenvalue weighted by Gasteiger charge is 2.13. The highest BCUT2D eigenvalue weighted by Crippen LogP contribution is 2.30. The molecular formula is C26H22N2O4. The van der Waals surface area contributed by atoms with Gasteiger partial charge in [0.25, 0.3) is 5.91 Å². The minimum absolute atomic E-state index is 0.168. The van der Waals surface area contributed by atoms with E-state index in [9.17, 15) is 9.59 Å². The van der Waals surface area contributed by atoms with Crippen LogP contribution in [0.4, 0.5) is 5.69 Å². The number of methoxy groups -OCH3 is 1. The molecule has 0 aromatic heterocycles. The Morgan fingerprint density at radius 3 is 2.28 bits per heavy atom. The number of para-hydroxylation sites is 2. The fourth-order valence-electron chi connectivity index (χ4n) is 3.30. The maximum atomic E-state index is 12.6. The molecule has 0 bridgehead atoms. The normalized spacial score (nSPS) is 10.4. The van der Waals surface area contributed by atoms with Crippen LogP contribution in [0.3, 0.4) is 0 Å². The van der Waals surface area contributed by atoms with Crippen LogP contribution in [0.2, 0.25) is 0 Å². The van der Waals surface area contributed by atoms with Crippen LogP contribution in [-0.2, 0) is 4.79 Å². The van der Waals surface area contributed by atoms with Crippen molar-refractivity contribution < 1.29 is 19.1 Å². The van der Waals surface area contributed by atoms with Crippen LogP contribution in [0, 0.1) is 0 Å². The lowest BCUT2D eigenvalue weighted by Crippen LogP contribution is -2.33. The minimum Gasteiger partial charge on any atom is -0.497 e. The van der Waals surface area contributed by atoms with Gasteiger partial charge in [-0.3, -0.25) is 9.59 Å². The summed E-state index contributed by atoms with van der Waals surface area (Å²) in [6.45, 7) is -0.168. The number of benzene rings is 4. The van der Waals surface area contributed by atoms with Crippen molar-refractivity contribution in [1.29, 1.82) is 0 Å². The Bertz CT molecular complexity index is 1250. The number of hydrogen-bond donors (Lipinski definition) is 2. The fourth-order valence-corrected chi connectivity index (χ4v) is 3.30. The number of anilines is 1. The molecule has 32 heavy (non-hydrogen) atoms. The third-order valence-electron chi connectivity index (χ3n) is 4.89. The van der Waals surface area contributed by atoms with E-state index in [2.05, 4.69) is 10.6 Å². The third kappa shape index (κ3) is 4.87. The van der Waals surface area contributed by atoms with E-state index in [-0.39, 0.29) is 18.4 Å². The molecule has 0 spiro atoms. The molecule has 0 fully saturated rings. The van der Waals surface area contributed by atoms with E-state index in [0.29, 0.717) is 22.7 Å². The predicted molar refractivity (Wildman–Crippen MR) is 124 cm³/mol. The highest BCUT2D eigenvalue weighted by molar-refractivity contribution is 6.08. The van der Waals surface area contributed by atoms with Crippen LogP contribution >= 0.6 is 0 Å². The Balaban J connectivity index is 1.40. The summed E-state index contributed by atoms with van der Waals surface area (Å²) in [5.74, 6) is 1.16. The van der Waals surface area contributed by atoms with Crippen molar-refractivity contribution in [2.24, 2.45) is 0 Å². The standard InChI is InChI=1S/C26H22N2O4/c1-31-19-13-15-20(16-14-19)32-24-12-5-4-11-23(24)28-25(29)17-27-26(30)22-10-6-8-18-7-2-3-9-21(18)22/h2-16H,17H2,1H3,(H,27,30)(H,28,29). The molecule has 0 aliphatic rings. The molecule has 160 valence electrons. The second-order valence-electron chi connectivity index (χ2n) is 7.03. The van der Waals surface area contributed by atoms with Gasteiger partial charge in [0.2, 0.25) is 5.91 Å². The zero-order chi connectivity index (χ0) is 22.3. The number of rotatable bonds is 7. The quantitative estimate of drug-likeness (QED) is 0.436. The molecule has 0 heterocycles. The zero-order valence-corrected chi connectivity index (χ0v) is 17.5. The molecule has 4 aromatic rings. The molecule has 6 heteroatoms. The molecule has 2 amide bonds. The average Bonchev–Trinajstić information content (AvgIpc) is 2.84. The molecule has 4 aromatic carbocycles. The van der Waals surface area contributed by atoms with Gasteiger partial charge >= 0.3 is 0 Å². The molecule has 0 radical (unpaired) electrons. The number of carbonyl (C=O) groups excluding carboxylic acids is 2. The maximum absolute atomic E-state index is 12.6. The van der Waals surface area contributed by atoms with Gasteiger partial charge in [0, 0.05) is 5.56 Å². The number of fused-ring (bicyclic) bond motifs is 1. The Hall–Kier alpha value is -4.32. The molecule has 0 saturated carbocycles. The first-order valence-corrected chi connectivity index (χ1v) is 10.1. The monoisotopic (exact) mass is 426 g/mol. The number of hydrogen-bond acceptors (Lipinski definition) is 4. The van der Waals surface area contributed by atoms with E-state index < -0.39 is 0 Å². The number of carbonyl (C=O) groups is 2. The van der Waals surface area contributed by atoms with Crippen LogP contribution in [-0.4, -0.2) is 25.5 Å². The van der Waals surface area contributed by atoms with E-state index in [0.717, 1.165) is 16.5 Å². The van der Waals surface area contributed by atoms with Gasteiger partial charge in [0.05, 0.1) is 19.3 Å². The van der Waals surface area contributed by atoms with Gasteiger partial charge in [0.1, 0.15) is 11.5 Å².